The molecule has 0 aliphatic rings. The van der Waals surface area contributed by atoms with Crippen molar-refractivity contribution in [1.29, 1.82) is 0 Å². The van der Waals surface area contributed by atoms with E-state index in [0.717, 1.165) is 12.5 Å². The van der Waals surface area contributed by atoms with E-state index >= 15 is 0 Å². The van der Waals surface area contributed by atoms with E-state index in [9.17, 15) is 4.79 Å². The minimum Gasteiger partial charge on any atom is -0.356 e. The van der Waals surface area contributed by atoms with Crippen LogP contribution in [-0.2, 0) is 4.79 Å². The Morgan fingerprint density at radius 3 is 1.94 bits per heavy atom. The Morgan fingerprint density at radius 1 is 1.06 bits per heavy atom. The Hall–Kier alpha value is -0.530. The van der Waals surface area contributed by atoms with Crippen LogP contribution >= 0.6 is 0 Å². The summed E-state index contributed by atoms with van der Waals surface area (Å²) in [5.41, 5.74) is 0. The number of amides is 1. The van der Waals surface area contributed by atoms with E-state index in [4.69, 9.17) is 0 Å². The van der Waals surface area contributed by atoms with Gasteiger partial charge in [-0.3, -0.25) is 4.79 Å². The molecule has 2 nitrogen and oxygen atoms in total. The second-order valence-electron chi connectivity index (χ2n) is 5.37. The van der Waals surface area contributed by atoms with Gasteiger partial charge in [-0.05, 0) is 11.8 Å². The van der Waals surface area contributed by atoms with Gasteiger partial charge in [0, 0.05) is 13.5 Å². The maximum absolute atomic E-state index is 10.2. The molecule has 0 aliphatic carbocycles. The van der Waals surface area contributed by atoms with Crippen molar-refractivity contribution in [3.05, 3.63) is 0 Å². The number of rotatable bonds is 7. The zero-order valence-electron chi connectivity index (χ0n) is 12.8. The lowest BCUT2D eigenvalue weighted by molar-refractivity contribution is -0.119. The maximum atomic E-state index is 10.2. The van der Waals surface area contributed by atoms with Crippen molar-refractivity contribution in [3.63, 3.8) is 0 Å². The van der Waals surface area contributed by atoms with E-state index < -0.39 is 0 Å². The van der Waals surface area contributed by atoms with Crippen molar-refractivity contribution >= 4 is 5.91 Å². The molecule has 0 aromatic carbocycles. The molecule has 1 N–H and O–H groups in total. The molecule has 1 amide bonds. The molecular weight excluding hydrogens is 210 g/mol. The summed E-state index contributed by atoms with van der Waals surface area (Å²) in [6.07, 6.45) is 6.98. The van der Waals surface area contributed by atoms with Crippen LogP contribution in [0.25, 0.3) is 0 Å². The van der Waals surface area contributed by atoms with E-state index in [2.05, 4.69) is 39.9 Å². The Labute approximate surface area is 109 Å². The highest BCUT2D eigenvalue weighted by Gasteiger charge is 1.97. The van der Waals surface area contributed by atoms with Crippen LogP contribution in [0, 0.1) is 11.8 Å². The van der Waals surface area contributed by atoms with Crippen molar-refractivity contribution in [2.24, 2.45) is 11.8 Å². The lowest BCUT2D eigenvalue weighted by atomic mass is 10.00. The molecule has 1 atom stereocenters. The first kappa shape index (κ1) is 18.8. The van der Waals surface area contributed by atoms with Crippen LogP contribution in [0.15, 0.2) is 0 Å². The van der Waals surface area contributed by atoms with Gasteiger partial charge < -0.3 is 5.32 Å². The fraction of sp³-hybridized carbons (Fsp3) is 0.933. The first-order chi connectivity index (χ1) is 7.93. The summed E-state index contributed by atoms with van der Waals surface area (Å²) in [6, 6.07) is 0. The average molecular weight is 243 g/mol. The number of carbonyl (C=O) groups is 1. The van der Waals surface area contributed by atoms with Crippen molar-refractivity contribution < 1.29 is 4.79 Å². The third-order valence-electron chi connectivity index (χ3n) is 2.59. The third-order valence-corrected chi connectivity index (χ3v) is 2.59. The lowest BCUT2D eigenvalue weighted by Crippen LogP contribution is -2.24. The van der Waals surface area contributed by atoms with Gasteiger partial charge in [0.1, 0.15) is 0 Å². The van der Waals surface area contributed by atoms with Gasteiger partial charge >= 0.3 is 0 Å². The van der Waals surface area contributed by atoms with Crippen molar-refractivity contribution in [3.8, 4) is 0 Å². The summed E-state index contributed by atoms with van der Waals surface area (Å²) in [5.74, 6) is 1.58. The van der Waals surface area contributed by atoms with Gasteiger partial charge in [0.2, 0.25) is 5.91 Å². The van der Waals surface area contributed by atoms with E-state index in [1.54, 1.807) is 0 Å². The molecule has 0 aliphatic heterocycles. The van der Waals surface area contributed by atoms with Crippen molar-refractivity contribution in [1.82, 2.24) is 5.32 Å². The van der Waals surface area contributed by atoms with Gasteiger partial charge in [-0.2, -0.15) is 0 Å². The molecule has 0 heterocycles. The normalized spacial score (nSPS) is 11.7. The monoisotopic (exact) mass is 243 g/mol. The molecule has 0 radical (unpaired) electrons. The van der Waals surface area contributed by atoms with E-state index in [0.29, 0.717) is 5.92 Å². The molecule has 0 bridgehead atoms. The molecule has 0 rings (SSSR count). The van der Waals surface area contributed by atoms with Crippen LogP contribution in [0.2, 0.25) is 0 Å². The number of hydrogen-bond acceptors (Lipinski definition) is 1. The summed E-state index contributed by atoms with van der Waals surface area (Å²) in [6.45, 7) is 13.3. The number of nitrogens with one attached hydrogen (secondary N) is 1. The highest BCUT2D eigenvalue weighted by Crippen LogP contribution is 2.12. The van der Waals surface area contributed by atoms with Gasteiger partial charge in [-0.15, -0.1) is 0 Å². The van der Waals surface area contributed by atoms with Crippen LogP contribution in [0.3, 0.4) is 0 Å². The molecule has 2 heteroatoms. The van der Waals surface area contributed by atoms with Crippen molar-refractivity contribution in [2.45, 2.75) is 73.6 Å². The Morgan fingerprint density at radius 2 is 1.65 bits per heavy atom. The summed E-state index contributed by atoms with van der Waals surface area (Å²) in [5, 5.41) is 2.71. The molecule has 0 aromatic heterocycles. The Balaban J connectivity index is 0. The first-order valence-electron chi connectivity index (χ1n) is 7.18. The number of carbonyl (C=O) groups excluding carboxylic acids is 1. The van der Waals surface area contributed by atoms with Crippen LogP contribution in [-0.4, -0.2) is 12.5 Å². The zero-order valence-corrected chi connectivity index (χ0v) is 12.8. The highest BCUT2D eigenvalue weighted by atomic mass is 16.1. The number of hydrogen-bond donors (Lipinski definition) is 1. The second kappa shape index (κ2) is 13.5. The second-order valence-corrected chi connectivity index (χ2v) is 5.37. The summed E-state index contributed by atoms with van der Waals surface area (Å²) < 4.78 is 0. The van der Waals surface area contributed by atoms with Crippen LogP contribution in [0.4, 0.5) is 0 Å². The van der Waals surface area contributed by atoms with Gasteiger partial charge in [-0.25, -0.2) is 0 Å². The molecule has 0 fully saturated rings. The number of unbranched alkanes of at least 4 members (excludes halogenated alkanes) is 1. The minimum atomic E-state index is 0.0544. The van der Waals surface area contributed by atoms with Gasteiger partial charge in [0.05, 0.1) is 0 Å². The summed E-state index contributed by atoms with van der Waals surface area (Å²) in [4.78, 5) is 10.2. The van der Waals surface area contributed by atoms with Crippen molar-refractivity contribution in [2.75, 3.05) is 6.54 Å². The molecule has 0 saturated carbocycles. The fourth-order valence-corrected chi connectivity index (χ4v) is 1.54. The van der Waals surface area contributed by atoms with Crippen LogP contribution < -0.4 is 5.32 Å². The fourth-order valence-electron chi connectivity index (χ4n) is 1.54. The molecule has 0 aromatic rings. The summed E-state index contributed by atoms with van der Waals surface area (Å²) in [7, 11) is 0. The van der Waals surface area contributed by atoms with Crippen LogP contribution in [0.1, 0.15) is 73.6 Å². The first-order valence-corrected chi connectivity index (χ1v) is 7.18. The Kier molecular flexibility index (Phi) is 15.0. The smallest absolute Gasteiger partial charge is 0.216 e. The van der Waals surface area contributed by atoms with Crippen LogP contribution in [0.5, 0.6) is 0 Å². The molecule has 104 valence electrons. The largest absolute Gasteiger partial charge is 0.356 e. The van der Waals surface area contributed by atoms with E-state index in [1.807, 2.05) is 0 Å². The molecule has 17 heavy (non-hydrogen) atoms. The molecule has 0 saturated heterocycles. The SMILES string of the molecule is CC(=O)NCC(C)C.CCCCC(C)CCC. The predicted molar refractivity (Wildman–Crippen MR) is 77.1 cm³/mol. The Bertz CT molecular complexity index is 166. The summed E-state index contributed by atoms with van der Waals surface area (Å²) >= 11 is 0. The van der Waals surface area contributed by atoms with E-state index in [1.165, 1.54) is 39.0 Å². The predicted octanol–water partition coefficient (Wildman–Crippen LogP) is 4.39. The third kappa shape index (κ3) is 21.3. The van der Waals surface area contributed by atoms with E-state index in [-0.39, 0.29) is 5.91 Å². The average Bonchev–Trinajstić information content (AvgIpc) is 2.25. The molecule has 0 spiro atoms. The maximum Gasteiger partial charge on any atom is 0.216 e. The molecule has 1 unspecified atom stereocenters. The van der Waals surface area contributed by atoms with Gasteiger partial charge in [0.15, 0.2) is 0 Å². The lowest BCUT2D eigenvalue weighted by Gasteiger charge is -2.07. The quantitative estimate of drug-likeness (QED) is 0.706. The van der Waals surface area contributed by atoms with Gasteiger partial charge in [0.25, 0.3) is 0 Å². The highest BCUT2D eigenvalue weighted by molar-refractivity contribution is 5.72. The standard InChI is InChI=1S/C9H20.C6H13NO/c1-4-6-8-9(3)7-5-2;1-5(2)4-7-6(3)8/h9H,4-8H2,1-3H3;5H,4H2,1-3H3,(H,7,8). The topological polar surface area (TPSA) is 29.1 Å². The molecular formula is C15H33NO. The van der Waals surface area contributed by atoms with Gasteiger partial charge in [-0.1, -0.05) is 66.7 Å². The zero-order chi connectivity index (χ0) is 13.7. The minimum absolute atomic E-state index is 0.0544.